The van der Waals surface area contributed by atoms with Crippen LogP contribution in [0.3, 0.4) is 0 Å². The lowest BCUT2D eigenvalue weighted by Gasteiger charge is -2.14. The fraction of sp³-hybridized carbons (Fsp3) is 0.222. The van der Waals surface area contributed by atoms with Crippen LogP contribution >= 0.6 is 0 Å². The first-order valence-electron chi connectivity index (χ1n) is 7.62. The number of ether oxygens (including phenoxy) is 3. The van der Waals surface area contributed by atoms with Crippen molar-refractivity contribution in [3.63, 3.8) is 0 Å². The Labute approximate surface area is 150 Å². The topological polar surface area (TPSA) is 85.9 Å². The third-order valence-corrected chi connectivity index (χ3v) is 3.48. The van der Waals surface area contributed by atoms with Gasteiger partial charge in [0.05, 0.1) is 33.4 Å². The second kappa shape index (κ2) is 8.70. The summed E-state index contributed by atoms with van der Waals surface area (Å²) in [5, 5.41) is 4.96. The summed E-state index contributed by atoms with van der Waals surface area (Å²) in [6.45, 7) is -0.330. The SMILES string of the molecule is COc1cc(NC(=O)CNC(=O)c2ccccc2F)cc(OC)c1OC. The van der Waals surface area contributed by atoms with Crippen LogP contribution in [0.5, 0.6) is 17.2 Å². The van der Waals surface area contributed by atoms with E-state index >= 15 is 0 Å². The summed E-state index contributed by atoms with van der Waals surface area (Å²) in [7, 11) is 4.38. The Morgan fingerprint density at radius 1 is 1.00 bits per heavy atom. The van der Waals surface area contributed by atoms with Gasteiger partial charge in [-0.25, -0.2) is 4.39 Å². The van der Waals surface area contributed by atoms with Gasteiger partial charge in [0, 0.05) is 17.8 Å². The molecule has 0 aliphatic rings. The third kappa shape index (κ3) is 4.41. The molecule has 0 heterocycles. The number of halogens is 1. The Kier molecular flexibility index (Phi) is 6.37. The second-order valence-electron chi connectivity index (χ2n) is 5.12. The van der Waals surface area contributed by atoms with E-state index in [2.05, 4.69) is 10.6 Å². The molecule has 0 aliphatic heterocycles. The van der Waals surface area contributed by atoms with E-state index in [4.69, 9.17) is 14.2 Å². The van der Waals surface area contributed by atoms with Gasteiger partial charge in [0.2, 0.25) is 11.7 Å². The molecule has 0 saturated carbocycles. The van der Waals surface area contributed by atoms with Gasteiger partial charge in [0.25, 0.3) is 5.91 Å². The summed E-state index contributed by atoms with van der Waals surface area (Å²) in [4.78, 5) is 24.0. The molecule has 2 aromatic carbocycles. The Morgan fingerprint density at radius 3 is 2.15 bits per heavy atom. The van der Waals surface area contributed by atoms with Crippen molar-refractivity contribution >= 4 is 17.5 Å². The first-order chi connectivity index (χ1) is 12.5. The summed E-state index contributed by atoms with van der Waals surface area (Å²) in [6.07, 6.45) is 0. The maximum absolute atomic E-state index is 13.5. The number of nitrogens with one attached hydrogen (secondary N) is 2. The van der Waals surface area contributed by atoms with E-state index in [1.807, 2.05) is 0 Å². The summed E-state index contributed by atoms with van der Waals surface area (Å²) in [6, 6.07) is 8.62. The van der Waals surface area contributed by atoms with Crippen LogP contribution < -0.4 is 24.8 Å². The van der Waals surface area contributed by atoms with Crippen molar-refractivity contribution in [2.45, 2.75) is 0 Å². The number of carbonyl (C=O) groups is 2. The summed E-state index contributed by atoms with van der Waals surface area (Å²) in [5.74, 6) is -0.696. The zero-order chi connectivity index (χ0) is 19.1. The highest BCUT2D eigenvalue weighted by Gasteiger charge is 2.16. The van der Waals surface area contributed by atoms with E-state index in [-0.39, 0.29) is 12.1 Å². The summed E-state index contributed by atoms with van der Waals surface area (Å²) >= 11 is 0. The monoisotopic (exact) mass is 362 g/mol. The number of carbonyl (C=O) groups excluding carboxylic acids is 2. The van der Waals surface area contributed by atoms with Crippen molar-refractivity contribution in [3.05, 3.63) is 47.8 Å². The maximum Gasteiger partial charge on any atom is 0.254 e. The van der Waals surface area contributed by atoms with Gasteiger partial charge < -0.3 is 24.8 Å². The van der Waals surface area contributed by atoms with Crippen LogP contribution in [0.25, 0.3) is 0 Å². The highest BCUT2D eigenvalue weighted by Crippen LogP contribution is 2.39. The fourth-order valence-electron chi connectivity index (χ4n) is 2.26. The molecule has 0 aliphatic carbocycles. The number of amides is 2. The first kappa shape index (κ1) is 19.0. The third-order valence-electron chi connectivity index (χ3n) is 3.48. The maximum atomic E-state index is 13.5. The Bertz CT molecular complexity index is 785. The normalized spacial score (nSPS) is 10.0. The zero-order valence-electron chi connectivity index (χ0n) is 14.6. The molecule has 2 aromatic rings. The van der Waals surface area contributed by atoms with E-state index in [0.717, 1.165) is 0 Å². The van der Waals surface area contributed by atoms with Gasteiger partial charge in [-0.3, -0.25) is 9.59 Å². The second-order valence-corrected chi connectivity index (χ2v) is 5.12. The minimum absolute atomic E-state index is 0.131. The first-order valence-corrected chi connectivity index (χ1v) is 7.62. The van der Waals surface area contributed by atoms with Gasteiger partial charge in [-0.15, -0.1) is 0 Å². The molecule has 8 heteroatoms. The Balaban J connectivity index is 2.04. The largest absolute Gasteiger partial charge is 0.493 e. The van der Waals surface area contributed by atoms with Crippen LogP contribution in [0.15, 0.2) is 36.4 Å². The van der Waals surface area contributed by atoms with Crippen molar-refractivity contribution in [3.8, 4) is 17.2 Å². The van der Waals surface area contributed by atoms with Crippen molar-refractivity contribution in [1.82, 2.24) is 5.32 Å². The molecule has 0 radical (unpaired) electrons. The Morgan fingerprint density at radius 2 is 1.62 bits per heavy atom. The average Bonchev–Trinajstić information content (AvgIpc) is 2.65. The van der Waals surface area contributed by atoms with Gasteiger partial charge in [-0.2, -0.15) is 0 Å². The number of hydrogen-bond acceptors (Lipinski definition) is 5. The molecule has 0 saturated heterocycles. The van der Waals surface area contributed by atoms with E-state index in [1.165, 1.54) is 45.6 Å². The molecule has 138 valence electrons. The molecule has 2 rings (SSSR count). The van der Waals surface area contributed by atoms with Crippen LogP contribution in [0.1, 0.15) is 10.4 Å². The van der Waals surface area contributed by atoms with E-state index in [1.54, 1.807) is 12.1 Å². The average molecular weight is 362 g/mol. The number of anilines is 1. The molecule has 2 amide bonds. The van der Waals surface area contributed by atoms with E-state index in [0.29, 0.717) is 22.9 Å². The predicted octanol–water partition coefficient (Wildman–Crippen LogP) is 2.22. The molecule has 0 bridgehead atoms. The van der Waals surface area contributed by atoms with E-state index in [9.17, 15) is 14.0 Å². The number of hydrogen-bond donors (Lipinski definition) is 2. The Hall–Kier alpha value is -3.29. The molecule has 7 nitrogen and oxygen atoms in total. The van der Waals surface area contributed by atoms with Crippen LogP contribution in [-0.4, -0.2) is 39.7 Å². The molecule has 0 fully saturated rings. The minimum atomic E-state index is -0.678. The number of benzene rings is 2. The van der Waals surface area contributed by atoms with Crippen molar-refractivity contribution < 1.29 is 28.2 Å². The lowest BCUT2D eigenvalue weighted by atomic mass is 10.2. The van der Waals surface area contributed by atoms with Crippen molar-refractivity contribution in [2.24, 2.45) is 0 Å². The van der Waals surface area contributed by atoms with Crippen molar-refractivity contribution in [1.29, 1.82) is 0 Å². The van der Waals surface area contributed by atoms with Gasteiger partial charge in [0.1, 0.15) is 5.82 Å². The lowest BCUT2D eigenvalue weighted by molar-refractivity contribution is -0.115. The van der Waals surface area contributed by atoms with Crippen molar-refractivity contribution in [2.75, 3.05) is 33.2 Å². The van der Waals surface area contributed by atoms with Gasteiger partial charge in [-0.05, 0) is 12.1 Å². The predicted molar refractivity (Wildman–Crippen MR) is 93.5 cm³/mol. The molecule has 0 aromatic heterocycles. The molecular weight excluding hydrogens is 343 g/mol. The number of methoxy groups -OCH3 is 3. The molecular formula is C18H19FN2O5. The summed E-state index contributed by atoms with van der Waals surface area (Å²) in [5.41, 5.74) is 0.262. The highest BCUT2D eigenvalue weighted by molar-refractivity contribution is 5.99. The fourth-order valence-corrected chi connectivity index (χ4v) is 2.26. The molecule has 0 atom stereocenters. The van der Waals surface area contributed by atoms with Crippen LogP contribution in [0.4, 0.5) is 10.1 Å². The number of rotatable bonds is 7. The quantitative estimate of drug-likeness (QED) is 0.789. The highest BCUT2D eigenvalue weighted by atomic mass is 19.1. The van der Waals surface area contributed by atoms with Crippen LogP contribution in [0, 0.1) is 5.82 Å². The van der Waals surface area contributed by atoms with Crippen LogP contribution in [0.2, 0.25) is 0 Å². The van der Waals surface area contributed by atoms with Gasteiger partial charge in [0.15, 0.2) is 11.5 Å². The van der Waals surface area contributed by atoms with Crippen LogP contribution in [-0.2, 0) is 4.79 Å². The molecule has 2 N–H and O–H groups in total. The molecule has 0 spiro atoms. The minimum Gasteiger partial charge on any atom is -0.493 e. The zero-order valence-corrected chi connectivity index (χ0v) is 14.6. The standard InChI is InChI=1S/C18H19FN2O5/c1-24-14-8-11(9-15(25-2)17(14)26-3)21-16(22)10-20-18(23)12-6-4-5-7-13(12)19/h4-9H,10H2,1-3H3,(H,20,23)(H,21,22). The summed E-state index contributed by atoms with van der Waals surface area (Å²) < 4.78 is 29.2. The smallest absolute Gasteiger partial charge is 0.254 e. The lowest BCUT2D eigenvalue weighted by Crippen LogP contribution is -2.33. The van der Waals surface area contributed by atoms with E-state index < -0.39 is 17.6 Å². The molecule has 26 heavy (non-hydrogen) atoms. The van der Waals surface area contributed by atoms with Gasteiger partial charge in [-0.1, -0.05) is 12.1 Å². The molecule has 0 unspecified atom stereocenters. The van der Waals surface area contributed by atoms with Gasteiger partial charge >= 0.3 is 0 Å².